The van der Waals surface area contributed by atoms with Crippen LogP contribution in [0.4, 0.5) is 5.69 Å². The summed E-state index contributed by atoms with van der Waals surface area (Å²) in [6.45, 7) is 5.11. The van der Waals surface area contributed by atoms with Crippen LogP contribution < -0.4 is 4.90 Å². The number of Topliss-reactive ketones (excluding diaryl/α,β-unsaturated/α-hetero) is 1. The Hall–Kier alpha value is -1.95. The molecule has 3 fully saturated rings. The minimum absolute atomic E-state index is 0.000720. The molecular weight excluding hydrogens is 438 g/mol. The Morgan fingerprint density at radius 3 is 2.46 bits per heavy atom. The van der Waals surface area contributed by atoms with Gasteiger partial charge in [0.25, 0.3) is 0 Å². The molecule has 1 spiro atoms. The number of carbonyl (C=O) groups excluding carboxylic acids is 1. The average molecular weight is 478 g/mol. The molecule has 2 unspecified atom stereocenters. The van der Waals surface area contributed by atoms with Gasteiger partial charge in [-0.25, -0.2) is 0 Å². The fraction of sp³-hybridized carbons (Fsp3) is 0.633. The Kier molecular flexibility index (Phi) is 5.38. The Bertz CT molecular complexity index is 1100. The van der Waals surface area contributed by atoms with Crippen molar-refractivity contribution in [2.24, 2.45) is 23.2 Å². The molecule has 5 heteroatoms. The number of ether oxygens (including phenoxy) is 2. The molecular formula is C30H39NO4. The van der Waals surface area contributed by atoms with Gasteiger partial charge in [0, 0.05) is 32.6 Å². The second kappa shape index (κ2) is 8.03. The summed E-state index contributed by atoms with van der Waals surface area (Å²) in [5, 5.41) is 12.5. The third-order valence-electron chi connectivity index (χ3n) is 10.2. The Labute approximate surface area is 209 Å². The largest absolute Gasteiger partial charge is 0.379 e. The molecule has 5 nitrogen and oxygen atoms in total. The molecule has 0 radical (unpaired) electrons. The summed E-state index contributed by atoms with van der Waals surface area (Å²) in [4.78, 5) is 14.5. The van der Waals surface area contributed by atoms with Crippen LogP contribution >= 0.6 is 0 Å². The lowest BCUT2D eigenvalue weighted by Crippen LogP contribution is -2.58. The van der Waals surface area contributed by atoms with Crippen LogP contribution in [-0.2, 0) is 19.9 Å². The van der Waals surface area contributed by atoms with Gasteiger partial charge in [0.2, 0.25) is 5.79 Å². The number of allylic oxidation sites excluding steroid dienone is 3. The van der Waals surface area contributed by atoms with Crippen LogP contribution in [0.5, 0.6) is 0 Å². The maximum atomic E-state index is 12.5. The topological polar surface area (TPSA) is 59.0 Å². The Morgan fingerprint density at radius 2 is 1.80 bits per heavy atom. The van der Waals surface area contributed by atoms with E-state index in [1.54, 1.807) is 12.5 Å². The number of carbonyl (C=O) groups is 1. The second-order valence-electron chi connectivity index (χ2n) is 12.0. The number of aliphatic hydroxyl groups is 1. The minimum atomic E-state index is -1.21. The number of nitrogens with zero attached hydrogens (tertiary/aromatic N) is 1. The van der Waals surface area contributed by atoms with E-state index in [-0.39, 0.29) is 11.2 Å². The lowest BCUT2D eigenvalue weighted by molar-refractivity contribution is -0.293. The fourth-order valence-corrected chi connectivity index (χ4v) is 8.38. The number of hydrogen-bond donors (Lipinski definition) is 1. The van der Waals surface area contributed by atoms with Crippen LogP contribution in [0.2, 0.25) is 0 Å². The van der Waals surface area contributed by atoms with Crippen molar-refractivity contribution in [3.8, 4) is 0 Å². The molecule has 1 aromatic carbocycles. The highest BCUT2D eigenvalue weighted by atomic mass is 16.7. The van der Waals surface area contributed by atoms with Crippen LogP contribution in [0, 0.1) is 23.2 Å². The molecule has 1 saturated heterocycles. The summed E-state index contributed by atoms with van der Waals surface area (Å²) in [6.07, 6.45) is 8.84. The molecule has 0 amide bonds. The molecule has 0 bridgehead atoms. The van der Waals surface area contributed by atoms with E-state index in [1.807, 2.05) is 26.2 Å². The molecule has 35 heavy (non-hydrogen) atoms. The summed E-state index contributed by atoms with van der Waals surface area (Å²) in [5.41, 5.74) is 4.84. The molecule has 6 rings (SSSR count). The third-order valence-corrected chi connectivity index (χ3v) is 10.2. The highest BCUT2D eigenvalue weighted by Crippen LogP contribution is 2.63. The molecule has 1 aromatic rings. The Morgan fingerprint density at radius 1 is 1.09 bits per heavy atom. The third kappa shape index (κ3) is 3.27. The summed E-state index contributed by atoms with van der Waals surface area (Å²) in [6, 6.07) is 8.24. The summed E-state index contributed by atoms with van der Waals surface area (Å²) in [7, 11) is 4.06. The van der Waals surface area contributed by atoms with Crippen molar-refractivity contribution in [2.75, 3.05) is 32.2 Å². The van der Waals surface area contributed by atoms with Crippen LogP contribution in [-0.4, -0.2) is 44.0 Å². The van der Waals surface area contributed by atoms with E-state index in [9.17, 15) is 9.90 Å². The summed E-state index contributed by atoms with van der Waals surface area (Å²) < 4.78 is 12.6. The standard InChI is InChI=1S/C30H39NO4/c1-19(32)26-11-12-27-24-10-5-20-17-30(34-15-16-35-30)29(33,21-6-8-22(9-7-21)31(3)4)18-25(20)23(24)13-14-28(26,27)2/h6-9,11,20,24,27,33H,5,10,12-18H2,1-4H3/t20?,24-,27+,28-,29?/m1/s1. The van der Waals surface area contributed by atoms with Gasteiger partial charge in [-0.05, 0) is 85.5 Å². The normalized spacial score (nSPS) is 37.5. The highest BCUT2D eigenvalue weighted by Gasteiger charge is 2.62. The second-order valence-corrected chi connectivity index (χ2v) is 12.0. The van der Waals surface area contributed by atoms with Crippen molar-refractivity contribution in [1.29, 1.82) is 0 Å². The van der Waals surface area contributed by atoms with Gasteiger partial charge in [0.05, 0.1) is 13.2 Å². The van der Waals surface area contributed by atoms with Crippen molar-refractivity contribution in [1.82, 2.24) is 0 Å². The number of anilines is 1. The molecule has 1 heterocycles. The number of fused-ring (bicyclic) bond motifs is 4. The fourth-order valence-electron chi connectivity index (χ4n) is 8.38. The van der Waals surface area contributed by atoms with Crippen molar-refractivity contribution in [2.45, 2.75) is 70.2 Å². The van der Waals surface area contributed by atoms with Crippen LogP contribution in [0.15, 0.2) is 47.1 Å². The quantitative estimate of drug-likeness (QED) is 0.611. The lowest BCUT2D eigenvalue weighted by Gasteiger charge is -2.55. The van der Waals surface area contributed by atoms with E-state index < -0.39 is 11.4 Å². The molecule has 5 atom stereocenters. The zero-order valence-corrected chi connectivity index (χ0v) is 21.6. The van der Waals surface area contributed by atoms with Crippen LogP contribution in [0.3, 0.4) is 0 Å². The maximum absolute atomic E-state index is 12.5. The molecule has 188 valence electrons. The number of benzene rings is 1. The molecule has 2 saturated carbocycles. The van der Waals surface area contributed by atoms with Crippen LogP contribution in [0.25, 0.3) is 0 Å². The SMILES string of the molecule is CC(=O)C1=CC[C@H]2[C@@H]3CCC4CC5(OCCO5)C(O)(c5ccc(N(C)C)cc5)CC4=C3CC[C@]12C. The molecule has 4 aliphatic carbocycles. The minimum Gasteiger partial charge on any atom is -0.379 e. The van der Waals surface area contributed by atoms with Gasteiger partial charge in [-0.2, -0.15) is 0 Å². The summed E-state index contributed by atoms with van der Waals surface area (Å²) in [5.74, 6) is 0.666. The van der Waals surface area contributed by atoms with Gasteiger partial charge >= 0.3 is 0 Å². The van der Waals surface area contributed by atoms with Gasteiger partial charge in [0.1, 0.15) is 5.60 Å². The van der Waals surface area contributed by atoms with Gasteiger partial charge in [-0.3, -0.25) is 4.79 Å². The molecule has 1 aliphatic heterocycles. The number of ketones is 1. The molecule has 1 N–H and O–H groups in total. The first-order valence-corrected chi connectivity index (χ1v) is 13.4. The summed E-state index contributed by atoms with van der Waals surface area (Å²) >= 11 is 0. The number of rotatable bonds is 3. The van der Waals surface area contributed by atoms with E-state index in [1.165, 1.54) is 5.57 Å². The van der Waals surface area contributed by atoms with Crippen LogP contribution in [0.1, 0.15) is 64.4 Å². The average Bonchev–Trinajstić information content (AvgIpc) is 3.45. The first kappa shape index (κ1) is 23.4. The van der Waals surface area contributed by atoms with Crippen molar-refractivity contribution < 1.29 is 19.4 Å². The van der Waals surface area contributed by atoms with Gasteiger partial charge in [-0.1, -0.05) is 36.3 Å². The zero-order chi connectivity index (χ0) is 24.6. The zero-order valence-electron chi connectivity index (χ0n) is 21.6. The smallest absolute Gasteiger partial charge is 0.202 e. The maximum Gasteiger partial charge on any atom is 0.202 e. The van der Waals surface area contributed by atoms with E-state index in [0.717, 1.165) is 48.9 Å². The van der Waals surface area contributed by atoms with Gasteiger partial charge < -0.3 is 19.5 Å². The lowest BCUT2D eigenvalue weighted by atomic mass is 9.53. The van der Waals surface area contributed by atoms with E-state index in [2.05, 4.69) is 30.0 Å². The first-order valence-electron chi connectivity index (χ1n) is 13.4. The van der Waals surface area contributed by atoms with Gasteiger partial charge in [-0.15, -0.1) is 0 Å². The van der Waals surface area contributed by atoms with E-state index in [4.69, 9.17) is 9.47 Å². The van der Waals surface area contributed by atoms with Crippen molar-refractivity contribution >= 4 is 11.5 Å². The monoisotopic (exact) mass is 477 g/mol. The number of hydrogen-bond acceptors (Lipinski definition) is 5. The van der Waals surface area contributed by atoms with Gasteiger partial charge in [0.15, 0.2) is 5.78 Å². The van der Waals surface area contributed by atoms with E-state index in [0.29, 0.717) is 43.8 Å². The predicted octanol–water partition coefficient (Wildman–Crippen LogP) is 5.14. The molecule has 0 aromatic heterocycles. The molecule has 5 aliphatic rings. The van der Waals surface area contributed by atoms with Crippen molar-refractivity contribution in [3.63, 3.8) is 0 Å². The predicted molar refractivity (Wildman–Crippen MR) is 136 cm³/mol. The first-order chi connectivity index (χ1) is 16.7. The Balaban J connectivity index is 1.39. The van der Waals surface area contributed by atoms with Crippen molar-refractivity contribution in [3.05, 3.63) is 52.6 Å². The highest BCUT2D eigenvalue weighted by molar-refractivity contribution is 5.95. The van der Waals surface area contributed by atoms with E-state index >= 15 is 0 Å².